The standard InChI is InChI=1S/C19H26N6O2/c1-14-20-15(2)25(23-14)12-16-7-6-10-24(11-16)13-18(26)22-19(27)21-17-8-4-3-5-9-17/h3-5,8-9,16H,6-7,10-13H2,1-2H3,(H2,21,22,26,27). The Hall–Kier alpha value is -2.74. The van der Waals surface area contributed by atoms with Crippen LogP contribution in [0.5, 0.6) is 0 Å². The van der Waals surface area contributed by atoms with E-state index in [0.717, 1.165) is 44.1 Å². The second-order valence-electron chi connectivity index (χ2n) is 7.00. The summed E-state index contributed by atoms with van der Waals surface area (Å²) >= 11 is 0. The minimum Gasteiger partial charge on any atom is -0.308 e. The van der Waals surface area contributed by atoms with Gasteiger partial charge in [0, 0.05) is 18.8 Å². The van der Waals surface area contributed by atoms with E-state index < -0.39 is 6.03 Å². The first-order valence-corrected chi connectivity index (χ1v) is 9.26. The number of nitrogens with zero attached hydrogens (tertiary/aromatic N) is 4. The highest BCUT2D eigenvalue weighted by atomic mass is 16.2. The number of urea groups is 1. The fourth-order valence-corrected chi connectivity index (χ4v) is 3.48. The van der Waals surface area contributed by atoms with Gasteiger partial charge in [0.2, 0.25) is 5.91 Å². The molecule has 1 atom stereocenters. The summed E-state index contributed by atoms with van der Waals surface area (Å²) < 4.78 is 1.94. The number of hydrogen-bond donors (Lipinski definition) is 2. The molecule has 1 saturated heterocycles. The predicted octanol–water partition coefficient (Wildman–Crippen LogP) is 1.96. The molecule has 1 aromatic carbocycles. The number of carbonyl (C=O) groups excluding carboxylic acids is 2. The summed E-state index contributed by atoms with van der Waals surface area (Å²) in [6, 6.07) is 8.55. The van der Waals surface area contributed by atoms with Crippen LogP contribution in [0.25, 0.3) is 0 Å². The smallest absolute Gasteiger partial charge is 0.308 e. The van der Waals surface area contributed by atoms with E-state index in [0.29, 0.717) is 11.6 Å². The molecule has 144 valence electrons. The SMILES string of the molecule is Cc1nc(C)n(CC2CCCN(CC(=O)NC(=O)Nc3ccccc3)C2)n1. The Labute approximate surface area is 159 Å². The number of amides is 3. The van der Waals surface area contributed by atoms with E-state index in [4.69, 9.17) is 0 Å². The van der Waals surface area contributed by atoms with Crippen molar-refractivity contribution in [1.82, 2.24) is 25.0 Å². The molecular weight excluding hydrogens is 344 g/mol. The van der Waals surface area contributed by atoms with Crippen molar-refractivity contribution in [2.75, 3.05) is 25.0 Å². The Kier molecular flexibility index (Phi) is 6.18. The zero-order valence-corrected chi connectivity index (χ0v) is 15.8. The second kappa shape index (κ2) is 8.77. The minimum atomic E-state index is -0.506. The number of carbonyl (C=O) groups is 2. The molecule has 1 aromatic heterocycles. The lowest BCUT2D eigenvalue weighted by Gasteiger charge is -2.32. The average Bonchev–Trinajstić information content (AvgIpc) is 2.93. The molecule has 2 aromatic rings. The van der Waals surface area contributed by atoms with E-state index in [1.807, 2.05) is 36.7 Å². The van der Waals surface area contributed by atoms with E-state index in [-0.39, 0.29) is 12.5 Å². The van der Waals surface area contributed by atoms with Gasteiger partial charge in [-0.3, -0.25) is 15.0 Å². The number of benzene rings is 1. The van der Waals surface area contributed by atoms with Gasteiger partial charge in [0.05, 0.1) is 6.54 Å². The lowest BCUT2D eigenvalue weighted by molar-refractivity contribution is -0.121. The summed E-state index contributed by atoms with van der Waals surface area (Å²) in [6.07, 6.45) is 2.13. The molecule has 8 heteroatoms. The Balaban J connectivity index is 1.46. The van der Waals surface area contributed by atoms with Crippen molar-refractivity contribution in [2.24, 2.45) is 5.92 Å². The molecule has 1 unspecified atom stereocenters. The van der Waals surface area contributed by atoms with Crippen LogP contribution in [-0.2, 0) is 11.3 Å². The van der Waals surface area contributed by atoms with Gasteiger partial charge in [-0.2, -0.15) is 5.10 Å². The molecule has 2 heterocycles. The second-order valence-corrected chi connectivity index (χ2v) is 7.00. The maximum atomic E-state index is 12.2. The molecule has 0 saturated carbocycles. The van der Waals surface area contributed by atoms with Gasteiger partial charge in [-0.15, -0.1) is 0 Å². The highest BCUT2D eigenvalue weighted by Crippen LogP contribution is 2.18. The van der Waals surface area contributed by atoms with E-state index >= 15 is 0 Å². The molecule has 1 aliphatic heterocycles. The molecule has 0 bridgehead atoms. The van der Waals surface area contributed by atoms with E-state index in [1.54, 1.807) is 12.1 Å². The van der Waals surface area contributed by atoms with E-state index in [1.165, 1.54) is 0 Å². The molecule has 8 nitrogen and oxygen atoms in total. The fourth-order valence-electron chi connectivity index (χ4n) is 3.48. The minimum absolute atomic E-state index is 0.216. The first-order chi connectivity index (χ1) is 13.0. The highest BCUT2D eigenvalue weighted by Gasteiger charge is 2.23. The Bertz CT molecular complexity index is 789. The topological polar surface area (TPSA) is 92.2 Å². The molecule has 3 amide bonds. The van der Waals surface area contributed by atoms with Gasteiger partial charge < -0.3 is 5.32 Å². The maximum absolute atomic E-state index is 12.2. The summed E-state index contributed by atoms with van der Waals surface area (Å²) in [5.74, 6) is 1.82. The number of para-hydroxylation sites is 1. The normalized spacial score (nSPS) is 17.5. The molecule has 0 spiro atoms. The molecule has 0 radical (unpaired) electrons. The van der Waals surface area contributed by atoms with Crippen molar-refractivity contribution < 1.29 is 9.59 Å². The molecule has 27 heavy (non-hydrogen) atoms. The fraction of sp³-hybridized carbons (Fsp3) is 0.474. The summed E-state index contributed by atoms with van der Waals surface area (Å²) in [4.78, 5) is 30.6. The molecule has 1 aliphatic rings. The lowest BCUT2D eigenvalue weighted by atomic mass is 9.98. The monoisotopic (exact) mass is 370 g/mol. The zero-order chi connectivity index (χ0) is 19.2. The van der Waals surface area contributed by atoms with Crippen LogP contribution >= 0.6 is 0 Å². The number of aromatic nitrogens is 3. The average molecular weight is 370 g/mol. The number of aryl methyl sites for hydroxylation is 2. The van der Waals surface area contributed by atoms with Gasteiger partial charge in [0.15, 0.2) is 0 Å². The quantitative estimate of drug-likeness (QED) is 0.839. The molecule has 0 aliphatic carbocycles. The lowest BCUT2D eigenvalue weighted by Crippen LogP contribution is -2.45. The van der Waals surface area contributed by atoms with Crippen LogP contribution in [0.1, 0.15) is 24.5 Å². The number of rotatable bonds is 5. The van der Waals surface area contributed by atoms with Crippen LogP contribution in [-0.4, -0.2) is 51.2 Å². The number of nitrogens with one attached hydrogen (secondary N) is 2. The third-order valence-electron chi connectivity index (χ3n) is 4.65. The van der Waals surface area contributed by atoms with Gasteiger partial charge >= 0.3 is 6.03 Å². The maximum Gasteiger partial charge on any atom is 0.325 e. The van der Waals surface area contributed by atoms with Crippen LogP contribution in [0.15, 0.2) is 30.3 Å². The van der Waals surface area contributed by atoms with Gasteiger partial charge in [0.1, 0.15) is 11.6 Å². The van der Waals surface area contributed by atoms with Gasteiger partial charge in [-0.25, -0.2) is 14.5 Å². The molecule has 1 fully saturated rings. The first kappa shape index (κ1) is 19.0. The number of hydrogen-bond acceptors (Lipinski definition) is 5. The zero-order valence-electron chi connectivity index (χ0n) is 15.8. The summed E-state index contributed by atoms with van der Waals surface area (Å²) in [5.41, 5.74) is 0.652. The van der Waals surface area contributed by atoms with E-state index in [2.05, 4.69) is 25.6 Å². The van der Waals surface area contributed by atoms with Crippen molar-refractivity contribution in [3.05, 3.63) is 42.0 Å². The predicted molar refractivity (Wildman–Crippen MR) is 102 cm³/mol. The van der Waals surface area contributed by atoms with Gasteiger partial charge in [-0.1, -0.05) is 18.2 Å². The van der Waals surface area contributed by atoms with Crippen LogP contribution in [0, 0.1) is 19.8 Å². The number of anilines is 1. The van der Waals surface area contributed by atoms with E-state index in [9.17, 15) is 9.59 Å². The number of piperidine rings is 1. The van der Waals surface area contributed by atoms with Crippen LogP contribution in [0.4, 0.5) is 10.5 Å². The van der Waals surface area contributed by atoms with Crippen LogP contribution in [0.2, 0.25) is 0 Å². The van der Waals surface area contributed by atoms with Crippen molar-refractivity contribution in [3.8, 4) is 0 Å². The Morgan fingerprint density at radius 2 is 2.00 bits per heavy atom. The van der Waals surface area contributed by atoms with Crippen molar-refractivity contribution in [3.63, 3.8) is 0 Å². The first-order valence-electron chi connectivity index (χ1n) is 9.26. The van der Waals surface area contributed by atoms with Crippen molar-refractivity contribution in [1.29, 1.82) is 0 Å². The largest absolute Gasteiger partial charge is 0.325 e. The van der Waals surface area contributed by atoms with Crippen molar-refractivity contribution >= 4 is 17.6 Å². The molecule has 2 N–H and O–H groups in total. The molecule has 3 rings (SSSR count). The van der Waals surface area contributed by atoms with Crippen LogP contribution < -0.4 is 10.6 Å². The van der Waals surface area contributed by atoms with Gasteiger partial charge in [-0.05, 0) is 51.3 Å². The highest BCUT2D eigenvalue weighted by molar-refractivity contribution is 6.01. The third kappa shape index (κ3) is 5.62. The van der Waals surface area contributed by atoms with Crippen molar-refractivity contribution in [2.45, 2.75) is 33.2 Å². The summed E-state index contributed by atoms with van der Waals surface area (Å²) in [7, 11) is 0. The Morgan fingerprint density at radius 3 is 2.70 bits per heavy atom. The molecular formula is C19H26N6O2. The summed E-state index contributed by atoms with van der Waals surface area (Å²) in [5, 5.41) is 9.47. The number of likely N-dealkylation sites (tertiary alicyclic amines) is 1. The summed E-state index contributed by atoms with van der Waals surface area (Å²) in [6.45, 7) is 6.54. The third-order valence-corrected chi connectivity index (χ3v) is 4.65. The van der Waals surface area contributed by atoms with Gasteiger partial charge in [0.25, 0.3) is 0 Å². The van der Waals surface area contributed by atoms with Crippen LogP contribution in [0.3, 0.4) is 0 Å². The number of imide groups is 1. The Morgan fingerprint density at radius 1 is 1.22 bits per heavy atom.